The first-order chi connectivity index (χ1) is 8.39. The average molecular weight is 247 g/mol. The minimum absolute atomic E-state index is 0.0329. The van der Waals surface area contributed by atoms with Crippen molar-refractivity contribution in [1.29, 1.82) is 0 Å². The number of rotatable bonds is 3. The molecule has 2 rings (SSSR count). The number of aliphatic hydroxyl groups excluding tert-OH is 1. The zero-order chi connectivity index (χ0) is 13.3. The number of nitrogens with one attached hydrogen (secondary N) is 1. The molecular formula is C15H21NO2. The van der Waals surface area contributed by atoms with Gasteiger partial charge in [0.2, 0.25) is 5.91 Å². The van der Waals surface area contributed by atoms with Crippen molar-refractivity contribution in [3.8, 4) is 0 Å². The Hall–Kier alpha value is -1.35. The molecule has 0 aromatic heterocycles. The van der Waals surface area contributed by atoms with Crippen molar-refractivity contribution in [2.24, 2.45) is 5.41 Å². The Morgan fingerprint density at radius 3 is 2.78 bits per heavy atom. The molecule has 0 spiro atoms. The van der Waals surface area contributed by atoms with Crippen molar-refractivity contribution >= 4 is 5.91 Å². The highest BCUT2D eigenvalue weighted by atomic mass is 16.3. The Balaban J connectivity index is 1.90. The Labute approximate surface area is 108 Å². The molecule has 1 aliphatic carbocycles. The van der Waals surface area contributed by atoms with E-state index < -0.39 is 0 Å². The molecule has 2 unspecified atom stereocenters. The van der Waals surface area contributed by atoms with E-state index in [0.717, 1.165) is 5.56 Å². The number of carbonyl (C=O) groups excluding carboxylic acids is 1. The smallest absolute Gasteiger partial charge is 0.224 e. The molecule has 1 aromatic carbocycles. The van der Waals surface area contributed by atoms with Crippen molar-refractivity contribution in [3.63, 3.8) is 0 Å². The number of amides is 1. The van der Waals surface area contributed by atoms with Crippen molar-refractivity contribution in [3.05, 3.63) is 35.4 Å². The molecule has 0 aliphatic heterocycles. The molecule has 1 aliphatic rings. The Kier molecular flexibility index (Phi) is 3.44. The highest BCUT2D eigenvalue weighted by Gasteiger charge is 2.47. The summed E-state index contributed by atoms with van der Waals surface area (Å²) < 4.78 is 0. The number of hydrogen-bond acceptors (Lipinski definition) is 2. The molecule has 3 heteroatoms. The molecule has 1 aromatic rings. The van der Waals surface area contributed by atoms with Crippen LogP contribution in [-0.2, 0) is 11.2 Å². The van der Waals surface area contributed by atoms with Gasteiger partial charge in [-0.15, -0.1) is 0 Å². The summed E-state index contributed by atoms with van der Waals surface area (Å²) in [6.07, 6.45) is 0.762. The number of benzene rings is 1. The Bertz CT molecular complexity index is 454. The summed E-state index contributed by atoms with van der Waals surface area (Å²) in [7, 11) is 0. The van der Waals surface area contributed by atoms with Crippen molar-refractivity contribution in [1.82, 2.24) is 5.32 Å². The van der Waals surface area contributed by atoms with Gasteiger partial charge in [-0.05, 0) is 18.9 Å². The standard InChI is InChI=1S/C15H21NO2/c1-10-5-4-6-11(7-10)8-14(18)16-12-9-13(17)15(12,2)3/h4-7,12-13,17H,8-9H2,1-3H3,(H,16,18). The fourth-order valence-electron chi connectivity index (χ4n) is 2.40. The van der Waals surface area contributed by atoms with E-state index in [9.17, 15) is 9.90 Å². The van der Waals surface area contributed by atoms with E-state index >= 15 is 0 Å². The van der Waals surface area contributed by atoms with E-state index in [0.29, 0.717) is 12.8 Å². The van der Waals surface area contributed by atoms with Crippen LogP contribution in [0.25, 0.3) is 0 Å². The Morgan fingerprint density at radius 2 is 2.22 bits per heavy atom. The van der Waals surface area contributed by atoms with Gasteiger partial charge in [-0.25, -0.2) is 0 Å². The lowest BCUT2D eigenvalue weighted by Crippen LogP contribution is -2.61. The third kappa shape index (κ3) is 2.56. The number of carbonyl (C=O) groups is 1. The first-order valence-electron chi connectivity index (χ1n) is 6.42. The van der Waals surface area contributed by atoms with Gasteiger partial charge in [-0.1, -0.05) is 43.7 Å². The van der Waals surface area contributed by atoms with Crippen LogP contribution in [0.15, 0.2) is 24.3 Å². The van der Waals surface area contributed by atoms with Gasteiger partial charge in [-0.3, -0.25) is 4.79 Å². The second-order valence-electron chi connectivity index (χ2n) is 5.86. The number of aliphatic hydroxyl groups is 1. The highest BCUT2D eigenvalue weighted by Crippen LogP contribution is 2.40. The van der Waals surface area contributed by atoms with E-state index in [4.69, 9.17) is 0 Å². The quantitative estimate of drug-likeness (QED) is 0.856. The third-order valence-electron chi connectivity index (χ3n) is 4.00. The van der Waals surface area contributed by atoms with Gasteiger partial charge in [0.25, 0.3) is 0 Å². The first kappa shape index (κ1) is 13.1. The maximum Gasteiger partial charge on any atom is 0.224 e. The molecule has 0 saturated heterocycles. The van der Waals surface area contributed by atoms with E-state index in [1.807, 2.05) is 45.0 Å². The monoisotopic (exact) mass is 247 g/mol. The zero-order valence-corrected chi connectivity index (χ0v) is 11.2. The summed E-state index contributed by atoms with van der Waals surface area (Å²) in [6, 6.07) is 8.07. The van der Waals surface area contributed by atoms with Crippen LogP contribution in [-0.4, -0.2) is 23.2 Å². The van der Waals surface area contributed by atoms with Crippen LogP contribution in [0, 0.1) is 12.3 Å². The summed E-state index contributed by atoms with van der Waals surface area (Å²) in [5.41, 5.74) is 1.99. The topological polar surface area (TPSA) is 49.3 Å². The van der Waals surface area contributed by atoms with E-state index in [-0.39, 0.29) is 23.5 Å². The van der Waals surface area contributed by atoms with Crippen LogP contribution in [0.4, 0.5) is 0 Å². The average Bonchev–Trinajstić information content (AvgIpc) is 2.28. The second-order valence-corrected chi connectivity index (χ2v) is 5.86. The predicted octanol–water partition coefficient (Wildman–Crippen LogP) is 1.81. The molecule has 0 bridgehead atoms. The van der Waals surface area contributed by atoms with Crippen LogP contribution in [0.3, 0.4) is 0 Å². The molecular weight excluding hydrogens is 226 g/mol. The second kappa shape index (κ2) is 4.73. The summed E-state index contributed by atoms with van der Waals surface area (Å²) >= 11 is 0. The molecule has 2 atom stereocenters. The highest BCUT2D eigenvalue weighted by molar-refractivity contribution is 5.79. The van der Waals surface area contributed by atoms with E-state index in [2.05, 4.69) is 5.32 Å². The van der Waals surface area contributed by atoms with Crippen LogP contribution in [0.1, 0.15) is 31.4 Å². The van der Waals surface area contributed by atoms with Crippen LogP contribution in [0.5, 0.6) is 0 Å². The summed E-state index contributed by atoms with van der Waals surface area (Å²) in [6.45, 7) is 5.99. The molecule has 3 nitrogen and oxygen atoms in total. The molecule has 1 saturated carbocycles. The van der Waals surface area contributed by atoms with Gasteiger partial charge in [0.1, 0.15) is 0 Å². The van der Waals surface area contributed by atoms with Crippen molar-refractivity contribution in [2.75, 3.05) is 0 Å². The summed E-state index contributed by atoms with van der Waals surface area (Å²) in [4.78, 5) is 11.9. The largest absolute Gasteiger partial charge is 0.392 e. The van der Waals surface area contributed by atoms with Crippen molar-refractivity contribution < 1.29 is 9.90 Å². The maximum atomic E-state index is 11.9. The van der Waals surface area contributed by atoms with Crippen LogP contribution in [0.2, 0.25) is 0 Å². The minimum Gasteiger partial charge on any atom is -0.392 e. The van der Waals surface area contributed by atoms with Crippen molar-refractivity contribution in [2.45, 2.75) is 45.8 Å². The van der Waals surface area contributed by atoms with E-state index in [1.54, 1.807) is 0 Å². The normalized spacial score (nSPS) is 25.3. The Morgan fingerprint density at radius 1 is 1.50 bits per heavy atom. The summed E-state index contributed by atoms with van der Waals surface area (Å²) in [5.74, 6) is 0.0329. The lowest BCUT2D eigenvalue weighted by molar-refractivity contribution is -0.128. The lowest BCUT2D eigenvalue weighted by atomic mass is 9.64. The molecule has 98 valence electrons. The van der Waals surface area contributed by atoms with Gasteiger partial charge in [0, 0.05) is 11.5 Å². The van der Waals surface area contributed by atoms with Gasteiger partial charge >= 0.3 is 0 Å². The van der Waals surface area contributed by atoms with Gasteiger partial charge in [0.05, 0.1) is 12.5 Å². The zero-order valence-electron chi connectivity index (χ0n) is 11.2. The first-order valence-corrected chi connectivity index (χ1v) is 6.42. The van der Waals surface area contributed by atoms with Gasteiger partial charge < -0.3 is 10.4 Å². The SMILES string of the molecule is Cc1cccc(CC(=O)NC2CC(O)C2(C)C)c1. The minimum atomic E-state index is -0.304. The maximum absolute atomic E-state index is 11.9. The van der Waals surface area contributed by atoms with Crippen LogP contribution >= 0.6 is 0 Å². The molecule has 0 heterocycles. The molecule has 2 N–H and O–H groups in total. The fourth-order valence-corrected chi connectivity index (χ4v) is 2.40. The molecule has 18 heavy (non-hydrogen) atoms. The van der Waals surface area contributed by atoms with Crippen LogP contribution < -0.4 is 5.32 Å². The fraction of sp³-hybridized carbons (Fsp3) is 0.533. The predicted molar refractivity (Wildman–Crippen MR) is 71.2 cm³/mol. The van der Waals surface area contributed by atoms with Gasteiger partial charge in [0.15, 0.2) is 0 Å². The van der Waals surface area contributed by atoms with E-state index in [1.165, 1.54) is 5.56 Å². The summed E-state index contributed by atoms with van der Waals surface area (Å²) in [5, 5.41) is 12.6. The molecule has 1 amide bonds. The number of hydrogen-bond donors (Lipinski definition) is 2. The molecule has 0 radical (unpaired) electrons. The lowest BCUT2D eigenvalue weighted by Gasteiger charge is -2.49. The van der Waals surface area contributed by atoms with Gasteiger partial charge in [-0.2, -0.15) is 0 Å². The number of aryl methyl sites for hydroxylation is 1. The third-order valence-corrected chi connectivity index (χ3v) is 4.00. The molecule has 1 fully saturated rings.